The lowest BCUT2D eigenvalue weighted by molar-refractivity contribution is -0.117. The number of benzene rings is 1. The Morgan fingerprint density at radius 3 is 2.70 bits per heavy atom. The van der Waals surface area contributed by atoms with Crippen LogP contribution in [0.3, 0.4) is 0 Å². The standard InChI is InChI=1S/C15H21BrN2O2/c1-10-7-11(16)8-12(20-2)14(10)18-13(19)9-15(17)5-3-4-6-15/h7-8H,3-6,9,17H2,1-2H3,(H,18,19). The van der Waals surface area contributed by atoms with E-state index in [0.717, 1.165) is 41.4 Å². The number of carbonyl (C=O) groups excluding carboxylic acids is 1. The molecule has 0 heterocycles. The highest BCUT2D eigenvalue weighted by atomic mass is 79.9. The molecule has 2 rings (SSSR count). The molecule has 0 bridgehead atoms. The van der Waals surface area contributed by atoms with Gasteiger partial charge in [0.2, 0.25) is 5.91 Å². The highest BCUT2D eigenvalue weighted by molar-refractivity contribution is 9.10. The summed E-state index contributed by atoms with van der Waals surface area (Å²) in [5, 5.41) is 2.94. The Morgan fingerprint density at radius 2 is 2.10 bits per heavy atom. The van der Waals surface area contributed by atoms with Gasteiger partial charge in [0.1, 0.15) is 5.75 Å². The van der Waals surface area contributed by atoms with Crippen molar-refractivity contribution in [3.63, 3.8) is 0 Å². The van der Waals surface area contributed by atoms with Gasteiger partial charge in [-0.1, -0.05) is 28.8 Å². The van der Waals surface area contributed by atoms with Crippen molar-refractivity contribution >= 4 is 27.5 Å². The quantitative estimate of drug-likeness (QED) is 0.883. The lowest BCUT2D eigenvalue weighted by Crippen LogP contribution is -2.40. The number of hydrogen-bond donors (Lipinski definition) is 2. The van der Waals surface area contributed by atoms with Crippen LogP contribution in [0.1, 0.15) is 37.7 Å². The zero-order valence-corrected chi connectivity index (χ0v) is 13.5. The van der Waals surface area contributed by atoms with Crippen LogP contribution in [0.4, 0.5) is 5.69 Å². The molecular formula is C15H21BrN2O2. The zero-order chi connectivity index (χ0) is 14.8. The average Bonchev–Trinajstić information content (AvgIpc) is 2.78. The molecule has 0 radical (unpaired) electrons. The van der Waals surface area contributed by atoms with Gasteiger partial charge in [0.15, 0.2) is 0 Å². The van der Waals surface area contributed by atoms with E-state index in [1.807, 2.05) is 19.1 Å². The number of aryl methyl sites for hydroxylation is 1. The van der Waals surface area contributed by atoms with Crippen molar-refractivity contribution in [1.82, 2.24) is 0 Å². The van der Waals surface area contributed by atoms with Crippen LogP contribution in [0, 0.1) is 6.92 Å². The Balaban J connectivity index is 2.11. The number of rotatable bonds is 4. The maximum absolute atomic E-state index is 12.2. The number of ether oxygens (including phenoxy) is 1. The van der Waals surface area contributed by atoms with Gasteiger partial charge in [-0.2, -0.15) is 0 Å². The van der Waals surface area contributed by atoms with Gasteiger partial charge in [0.05, 0.1) is 12.8 Å². The number of anilines is 1. The van der Waals surface area contributed by atoms with E-state index in [2.05, 4.69) is 21.2 Å². The van der Waals surface area contributed by atoms with Crippen molar-refractivity contribution in [1.29, 1.82) is 0 Å². The first kappa shape index (κ1) is 15.3. The Bertz CT molecular complexity index is 511. The molecule has 0 aliphatic heterocycles. The molecule has 3 N–H and O–H groups in total. The summed E-state index contributed by atoms with van der Waals surface area (Å²) in [6, 6.07) is 3.79. The van der Waals surface area contributed by atoms with Crippen LogP contribution in [0.5, 0.6) is 5.75 Å². The molecule has 0 unspecified atom stereocenters. The van der Waals surface area contributed by atoms with Gasteiger partial charge in [-0.25, -0.2) is 0 Å². The molecule has 0 spiro atoms. The van der Waals surface area contributed by atoms with Crippen molar-refractivity contribution in [3.05, 3.63) is 22.2 Å². The van der Waals surface area contributed by atoms with Crippen molar-refractivity contribution in [3.8, 4) is 5.75 Å². The molecule has 0 atom stereocenters. The summed E-state index contributed by atoms with van der Waals surface area (Å²) in [4.78, 5) is 12.2. The molecule has 0 aromatic heterocycles. The fourth-order valence-corrected chi connectivity index (χ4v) is 3.34. The number of methoxy groups -OCH3 is 1. The second-order valence-corrected chi connectivity index (χ2v) is 6.51. The summed E-state index contributed by atoms with van der Waals surface area (Å²) in [5.74, 6) is 0.612. The van der Waals surface area contributed by atoms with E-state index in [1.165, 1.54) is 0 Å². The molecule has 1 amide bonds. The van der Waals surface area contributed by atoms with Crippen LogP contribution >= 0.6 is 15.9 Å². The van der Waals surface area contributed by atoms with Crippen LogP contribution in [0.25, 0.3) is 0 Å². The van der Waals surface area contributed by atoms with Gasteiger partial charge in [-0.15, -0.1) is 0 Å². The van der Waals surface area contributed by atoms with Crippen molar-refractivity contribution in [2.75, 3.05) is 12.4 Å². The molecule has 110 valence electrons. The predicted molar refractivity (Wildman–Crippen MR) is 84.1 cm³/mol. The van der Waals surface area contributed by atoms with Crippen molar-refractivity contribution in [2.24, 2.45) is 5.73 Å². The smallest absolute Gasteiger partial charge is 0.226 e. The highest BCUT2D eigenvalue weighted by Gasteiger charge is 2.32. The normalized spacial score (nSPS) is 17.0. The second kappa shape index (κ2) is 6.14. The van der Waals surface area contributed by atoms with Crippen LogP contribution in [0.15, 0.2) is 16.6 Å². The fraction of sp³-hybridized carbons (Fsp3) is 0.533. The van der Waals surface area contributed by atoms with Gasteiger partial charge < -0.3 is 15.8 Å². The lowest BCUT2D eigenvalue weighted by Gasteiger charge is -2.23. The topological polar surface area (TPSA) is 64.3 Å². The van der Waals surface area contributed by atoms with Crippen LogP contribution in [-0.4, -0.2) is 18.6 Å². The molecule has 1 aliphatic rings. The van der Waals surface area contributed by atoms with Crippen LogP contribution in [0.2, 0.25) is 0 Å². The number of amides is 1. The molecule has 5 heteroatoms. The van der Waals surface area contributed by atoms with E-state index >= 15 is 0 Å². The Morgan fingerprint density at radius 1 is 1.45 bits per heavy atom. The molecular weight excluding hydrogens is 320 g/mol. The molecule has 1 saturated carbocycles. The highest BCUT2D eigenvalue weighted by Crippen LogP contribution is 2.34. The molecule has 1 aromatic rings. The molecule has 1 aromatic carbocycles. The monoisotopic (exact) mass is 340 g/mol. The molecule has 20 heavy (non-hydrogen) atoms. The number of hydrogen-bond acceptors (Lipinski definition) is 3. The Hall–Kier alpha value is -1.07. The van der Waals surface area contributed by atoms with Crippen molar-refractivity contribution in [2.45, 2.75) is 44.6 Å². The zero-order valence-electron chi connectivity index (χ0n) is 12.0. The third-order valence-corrected chi connectivity index (χ3v) is 4.32. The minimum atomic E-state index is -0.333. The number of nitrogens with one attached hydrogen (secondary N) is 1. The predicted octanol–water partition coefficient (Wildman–Crippen LogP) is 3.37. The fourth-order valence-electron chi connectivity index (χ4n) is 2.79. The van der Waals surface area contributed by atoms with Crippen LogP contribution in [-0.2, 0) is 4.79 Å². The lowest BCUT2D eigenvalue weighted by atomic mass is 9.94. The van der Waals surface area contributed by atoms with Gasteiger partial charge in [-0.3, -0.25) is 4.79 Å². The summed E-state index contributed by atoms with van der Waals surface area (Å²) >= 11 is 3.42. The summed E-state index contributed by atoms with van der Waals surface area (Å²) in [5.41, 5.74) is 7.60. The Kier molecular flexibility index (Phi) is 4.70. The van der Waals surface area contributed by atoms with Gasteiger partial charge in [0, 0.05) is 16.4 Å². The second-order valence-electron chi connectivity index (χ2n) is 5.59. The first-order chi connectivity index (χ1) is 9.43. The maximum atomic E-state index is 12.2. The maximum Gasteiger partial charge on any atom is 0.226 e. The third-order valence-electron chi connectivity index (χ3n) is 3.86. The van der Waals surface area contributed by atoms with Crippen LogP contribution < -0.4 is 15.8 Å². The van der Waals surface area contributed by atoms with E-state index in [9.17, 15) is 4.79 Å². The van der Waals surface area contributed by atoms with E-state index in [1.54, 1.807) is 7.11 Å². The molecule has 4 nitrogen and oxygen atoms in total. The minimum absolute atomic E-state index is 0.0434. The summed E-state index contributed by atoms with van der Waals surface area (Å²) in [7, 11) is 1.60. The molecule has 0 saturated heterocycles. The minimum Gasteiger partial charge on any atom is -0.495 e. The average molecular weight is 341 g/mol. The van der Waals surface area contributed by atoms with E-state index in [0.29, 0.717) is 12.2 Å². The summed E-state index contributed by atoms with van der Waals surface area (Å²) in [6.07, 6.45) is 4.45. The third kappa shape index (κ3) is 3.52. The number of nitrogens with two attached hydrogens (primary N) is 1. The summed E-state index contributed by atoms with van der Waals surface area (Å²) < 4.78 is 6.25. The Labute approximate surface area is 128 Å². The van der Waals surface area contributed by atoms with Gasteiger partial charge in [0.25, 0.3) is 0 Å². The van der Waals surface area contributed by atoms with Crippen molar-refractivity contribution < 1.29 is 9.53 Å². The largest absolute Gasteiger partial charge is 0.495 e. The number of halogens is 1. The van der Waals surface area contributed by atoms with Gasteiger partial charge >= 0.3 is 0 Å². The SMILES string of the molecule is COc1cc(Br)cc(C)c1NC(=O)CC1(N)CCCC1. The van der Waals surface area contributed by atoms with E-state index < -0.39 is 0 Å². The molecule has 1 aliphatic carbocycles. The molecule has 1 fully saturated rings. The first-order valence-corrected chi connectivity index (χ1v) is 7.66. The van der Waals surface area contributed by atoms with E-state index in [-0.39, 0.29) is 11.4 Å². The first-order valence-electron chi connectivity index (χ1n) is 6.86. The van der Waals surface area contributed by atoms with Gasteiger partial charge in [-0.05, 0) is 37.5 Å². The summed E-state index contributed by atoms with van der Waals surface area (Å²) in [6.45, 7) is 1.94. The van der Waals surface area contributed by atoms with E-state index in [4.69, 9.17) is 10.5 Å². The number of carbonyl (C=O) groups is 1.